The Bertz CT molecular complexity index is 943. The fourth-order valence-electron chi connectivity index (χ4n) is 2.30. The van der Waals surface area contributed by atoms with Gasteiger partial charge in [0.05, 0.1) is 17.5 Å². The smallest absolute Gasteiger partial charge is 0.318 e. The molecule has 2 N–H and O–H groups in total. The number of nitro benzene ring substituents is 1. The van der Waals surface area contributed by atoms with Gasteiger partial charge in [0.25, 0.3) is 5.69 Å². The summed E-state index contributed by atoms with van der Waals surface area (Å²) in [6, 6.07) is 9.65. The zero-order chi connectivity index (χ0) is 17.3. The first-order chi connectivity index (χ1) is 11.5. The minimum Gasteiger partial charge on any atom is -0.508 e. The monoisotopic (exact) mass is 326 g/mol. The number of nitro groups is 1. The second-order valence-corrected chi connectivity index (χ2v) is 5.11. The lowest BCUT2D eigenvalue weighted by atomic mass is 10.1. The molecule has 0 fully saturated rings. The molecule has 122 valence electrons. The van der Waals surface area contributed by atoms with Gasteiger partial charge in [0.1, 0.15) is 11.1 Å². The van der Waals surface area contributed by atoms with E-state index in [0.29, 0.717) is 11.2 Å². The number of nitrogens with zero attached hydrogens (tertiary/aromatic N) is 3. The van der Waals surface area contributed by atoms with Crippen molar-refractivity contribution in [2.24, 2.45) is 0 Å². The SMILES string of the molecule is COc1nc(Nc2ccc(C)c(O)c2)c2c([N+](=O)[O-])cccc2n1. The Kier molecular flexibility index (Phi) is 3.87. The number of benzene rings is 2. The number of nitrogens with one attached hydrogen (secondary N) is 1. The highest BCUT2D eigenvalue weighted by atomic mass is 16.6. The third-order valence-electron chi connectivity index (χ3n) is 3.53. The van der Waals surface area contributed by atoms with E-state index in [9.17, 15) is 15.2 Å². The zero-order valence-corrected chi connectivity index (χ0v) is 13.0. The van der Waals surface area contributed by atoms with Crippen LogP contribution in [0.1, 0.15) is 5.56 Å². The van der Waals surface area contributed by atoms with Gasteiger partial charge in [-0.2, -0.15) is 9.97 Å². The van der Waals surface area contributed by atoms with E-state index in [1.807, 2.05) is 0 Å². The van der Waals surface area contributed by atoms with Gasteiger partial charge in [-0.05, 0) is 24.6 Å². The Hall–Kier alpha value is -3.42. The second kappa shape index (κ2) is 5.99. The Morgan fingerprint density at radius 1 is 1.25 bits per heavy atom. The fourth-order valence-corrected chi connectivity index (χ4v) is 2.30. The van der Waals surface area contributed by atoms with Gasteiger partial charge >= 0.3 is 6.01 Å². The number of rotatable bonds is 4. The van der Waals surface area contributed by atoms with E-state index >= 15 is 0 Å². The van der Waals surface area contributed by atoms with Crippen molar-refractivity contribution in [2.45, 2.75) is 6.92 Å². The Morgan fingerprint density at radius 2 is 2.04 bits per heavy atom. The van der Waals surface area contributed by atoms with Crippen LogP contribution in [0.5, 0.6) is 11.8 Å². The van der Waals surface area contributed by atoms with Crippen LogP contribution < -0.4 is 10.1 Å². The highest BCUT2D eigenvalue weighted by molar-refractivity contribution is 5.98. The van der Waals surface area contributed by atoms with E-state index < -0.39 is 4.92 Å². The molecule has 3 aromatic rings. The number of methoxy groups -OCH3 is 1. The lowest BCUT2D eigenvalue weighted by molar-refractivity contribution is -0.383. The number of phenols is 1. The minimum absolute atomic E-state index is 0.0850. The maximum atomic E-state index is 11.3. The van der Waals surface area contributed by atoms with Crippen molar-refractivity contribution >= 4 is 28.1 Å². The Morgan fingerprint density at radius 3 is 2.71 bits per heavy atom. The van der Waals surface area contributed by atoms with Crippen molar-refractivity contribution in [2.75, 3.05) is 12.4 Å². The second-order valence-electron chi connectivity index (χ2n) is 5.11. The maximum absolute atomic E-state index is 11.3. The average Bonchev–Trinajstić information content (AvgIpc) is 2.57. The molecule has 1 heterocycles. The van der Waals surface area contributed by atoms with Gasteiger partial charge in [-0.1, -0.05) is 12.1 Å². The number of aromatic nitrogens is 2. The molecule has 0 aliphatic carbocycles. The number of phenolic OH excluding ortho intramolecular Hbond substituents is 1. The van der Waals surface area contributed by atoms with Crippen LogP contribution in [0.15, 0.2) is 36.4 Å². The van der Waals surface area contributed by atoms with Crippen molar-refractivity contribution in [1.29, 1.82) is 0 Å². The van der Waals surface area contributed by atoms with Crippen molar-refractivity contribution in [1.82, 2.24) is 9.97 Å². The number of aromatic hydroxyl groups is 1. The molecule has 3 rings (SSSR count). The van der Waals surface area contributed by atoms with Gasteiger partial charge in [0.2, 0.25) is 0 Å². The van der Waals surface area contributed by atoms with E-state index in [1.165, 1.54) is 19.2 Å². The molecule has 0 spiro atoms. The van der Waals surface area contributed by atoms with Gasteiger partial charge in [0.15, 0.2) is 5.82 Å². The Balaban J connectivity index is 2.20. The van der Waals surface area contributed by atoms with Crippen molar-refractivity contribution in [3.8, 4) is 11.8 Å². The molecule has 0 unspecified atom stereocenters. The quantitative estimate of drug-likeness (QED) is 0.559. The predicted molar refractivity (Wildman–Crippen MR) is 88.9 cm³/mol. The van der Waals surface area contributed by atoms with Crippen molar-refractivity contribution < 1.29 is 14.8 Å². The van der Waals surface area contributed by atoms with Gasteiger partial charge in [0, 0.05) is 17.8 Å². The van der Waals surface area contributed by atoms with Gasteiger partial charge in [-0.3, -0.25) is 10.1 Å². The molecule has 0 atom stereocenters. The lowest BCUT2D eigenvalue weighted by Gasteiger charge is -2.11. The van der Waals surface area contributed by atoms with Crippen LogP contribution in [0, 0.1) is 17.0 Å². The van der Waals surface area contributed by atoms with Crippen molar-refractivity contribution in [3.63, 3.8) is 0 Å². The molecule has 0 aliphatic heterocycles. The number of anilines is 2. The summed E-state index contributed by atoms with van der Waals surface area (Å²) in [6.07, 6.45) is 0. The van der Waals surface area contributed by atoms with E-state index in [0.717, 1.165) is 5.56 Å². The van der Waals surface area contributed by atoms with Gasteiger partial charge in [-0.25, -0.2) is 0 Å². The third-order valence-corrected chi connectivity index (χ3v) is 3.53. The largest absolute Gasteiger partial charge is 0.508 e. The zero-order valence-electron chi connectivity index (χ0n) is 13.0. The molecular formula is C16H14N4O4. The minimum atomic E-state index is -0.490. The number of non-ortho nitro benzene ring substituents is 1. The summed E-state index contributed by atoms with van der Waals surface area (Å²) in [5.41, 5.74) is 1.53. The van der Waals surface area contributed by atoms with Crippen LogP contribution in [0.4, 0.5) is 17.2 Å². The van der Waals surface area contributed by atoms with E-state index in [4.69, 9.17) is 4.74 Å². The molecule has 8 heteroatoms. The number of fused-ring (bicyclic) bond motifs is 1. The topological polar surface area (TPSA) is 110 Å². The first-order valence-corrected chi connectivity index (χ1v) is 7.05. The fraction of sp³-hybridized carbons (Fsp3) is 0.125. The predicted octanol–water partition coefficient (Wildman–Crippen LogP) is 3.30. The van der Waals surface area contributed by atoms with E-state index in [1.54, 1.807) is 31.2 Å². The standard InChI is InChI=1S/C16H14N4O4/c1-9-6-7-10(8-13(9)21)17-15-14-11(18-16(19-15)24-2)4-3-5-12(14)20(22)23/h3-8,21H,1-2H3,(H,17,18,19). The molecule has 0 saturated heterocycles. The number of aryl methyl sites for hydroxylation is 1. The van der Waals surface area contributed by atoms with E-state index in [-0.39, 0.29) is 28.7 Å². The number of hydrogen-bond donors (Lipinski definition) is 2. The Labute approximate surface area is 136 Å². The van der Waals surface area contributed by atoms with Crippen LogP contribution in [0.2, 0.25) is 0 Å². The first-order valence-electron chi connectivity index (χ1n) is 7.05. The van der Waals surface area contributed by atoms with Gasteiger partial charge < -0.3 is 15.2 Å². The van der Waals surface area contributed by atoms with Crippen LogP contribution in [-0.2, 0) is 0 Å². The maximum Gasteiger partial charge on any atom is 0.318 e. The molecule has 0 bridgehead atoms. The van der Waals surface area contributed by atoms with Crippen LogP contribution in [0.3, 0.4) is 0 Å². The highest BCUT2D eigenvalue weighted by Crippen LogP contribution is 2.33. The first kappa shape index (κ1) is 15.5. The molecule has 0 amide bonds. The molecule has 1 aromatic heterocycles. The van der Waals surface area contributed by atoms with Crippen molar-refractivity contribution in [3.05, 3.63) is 52.1 Å². The number of ether oxygens (including phenoxy) is 1. The summed E-state index contributed by atoms with van der Waals surface area (Å²) in [4.78, 5) is 19.2. The molecule has 0 saturated carbocycles. The molecule has 0 aliphatic rings. The normalized spacial score (nSPS) is 10.6. The molecule has 2 aromatic carbocycles. The lowest BCUT2D eigenvalue weighted by Crippen LogP contribution is -2.02. The summed E-state index contributed by atoms with van der Waals surface area (Å²) in [5, 5.41) is 24.4. The molecule has 24 heavy (non-hydrogen) atoms. The third kappa shape index (κ3) is 2.76. The summed E-state index contributed by atoms with van der Waals surface area (Å²) < 4.78 is 5.06. The van der Waals surface area contributed by atoms with E-state index in [2.05, 4.69) is 15.3 Å². The van der Waals surface area contributed by atoms with Gasteiger partial charge in [-0.15, -0.1) is 0 Å². The number of hydrogen-bond acceptors (Lipinski definition) is 7. The summed E-state index contributed by atoms with van der Waals surface area (Å²) in [5.74, 6) is 0.340. The average molecular weight is 326 g/mol. The van der Waals surface area contributed by atoms with Crippen LogP contribution >= 0.6 is 0 Å². The molecule has 8 nitrogen and oxygen atoms in total. The van der Waals surface area contributed by atoms with Crippen LogP contribution in [-0.4, -0.2) is 27.1 Å². The molecule has 0 radical (unpaired) electrons. The summed E-state index contributed by atoms with van der Waals surface area (Å²) in [6.45, 7) is 1.77. The summed E-state index contributed by atoms with van der Waals surface area (Å²) in [7, 11) is 1.42. The summed E-state index contributed by atoms with van der Waals surface area (Å²) >= 11 is 0. The highest BCUT2D eigenvalue weighted by Gasteiger charge is 2.19. The van der Waals surface area contributed by atoms with Crippen LogP contribution in [0.25, 0.3) is 10.9 Å². The molecular weight excluding hydrogens is 312 g/mol.